The number of amides is 1. The van der Waals surface area contributed by atoms with Crippen LogP contribution in [0, 0.1) is 11.6 Å². The average molecular weight is 336 g/mol. The van der Waals surface area contributed by atoms with Gasteiger partial charge in [0.15, 0.2) is 0 Å². The van der Waals surface area contributed by atoms with Gasteiger partial charge in [-0.05, 0) is 42.0 Å². The molecule has 0 spiro atoms. The van der Waals surface area contributed by atoms with Crippen LogP contribution in [0.5, 0.6) is 0 Å². The molecule has 0 aliphatic carbocycles. The van der Waals surface area contributed by atoms with E-state index in [2.05, 4.69) is 28.6 Å². The molecule has 0 bridgehead atoms. The van der Waals surface area contributed by atoms with E-state index in [1.807, 2.05) is 0 Å². The van der Waals surface area contributed by atoms with Gasteiger partial charge in [0.2, 0.25) is 5.91 Å². The van der Waals surface area contributed by atoms with E-state index < -0.39 is 11.6 Å². The third-order valence-corrected chi connectivity index (χ3v) is 5.08. The molecule has 1 N–H and O–H groups in total. The number of hydrogen-bond acceptors (Lipinski definition) is 3. The van der Waals surface area contributed by atoms with Crippen LogP contribution in [-0.2, 0) is 11.2 Å². The summed E-state index contributed by atoms with van der Waals surface area (Å²) in [5, 5.41) is 4.67. The molecule has 1 aliphatic heterocycles. The summed E-state index contributed by atoms with van der Waals surface area (Å²) < 4.78 is 26.4. The fourth-order valence-electron chi connectivity index (χ4n) is 3.13. The Morgan fingerprint density at radius 1 is 1.35 bits per heavy atom. The third kappa shape index (κ3) is 3.59. The summed E-state index contributed by atoms with van der Waals surface area (Å²) >= 11 is 1.76. The molecule has 1 aromatic carbocycles. The predicted octanol–water partition coefficient (Wildman–Crippen LogP) is 3.97. The number of nitrogens with zero attached hydrogens (tertiary/aromatic N) is 1. The molecule has 0 radical (unpaired) electrons. The second-order valence-corrected chi connectivity index (χ2v) is 6.65. The Morgan fingerprint density at radius 3 is 2.78 bits per heavy atom. The zero-order chi connectivity index (χ0) is 16.4. The van der Waals surface area contributed by atoms with E-state index in [0.717, 1.165) is 37.6 Å². The van der Waals surface area contributed by atoms with Crippen molar-refractivity contribution in [2.45, 2.75) is 25.8 Å². The quantitative estimate of drug-likeness (QED) is 0.916. The molecule has 3 rings (SSSR count). The Kier molecular flexibility index (Phi) is 4.73. The number of anilines is 1. The van der Waals surface area contributed by atoms with Crippen LogP contribution in [-0.4, -0.2) is 23.9 Å². The van der Waals surface area contributed by atoms with Gasteiger partial charge in [-0.15, -0.1) is 11.3 Å². The summed E-state index contributed by atoms with van der Waals surface area (Å²) in [5.74, 6) is -1.66. The van der Waals surface area contributed by atoms with E-state index in [0.29, 0.717) is 0 Å². The highest BCUT2D eigenvalue weighted by molar-refractivity contribution is 7.10. The Morgan fingerprint density at radius 2 is 2.09 bits per heavy atom. The highest BCUT2D eigenvalue weighted by atomic mass is 32.1. The van der Waals surface area contributed by atoms with Gasteiger partial charge in [0.1, 0.15) is 11.6 Å². The average Bonchev–Trinajstić information content (AvgIpc) is 2.94. The van der Waals surface area contributed by atoms with Gasteiger partial charge in [-0.25, -0.2) is 8.78 Å². The van der Waals surface area contributed by atoms with Crippen LogP contribution in [0.25, 0.3) is 0 Å². The number of halogens is 2. The monoisotopic (exact) mass is 336 g/mol. The molecular weight excluding hydrogens is 318 g/mol. The number of benzene rings is 1. The van der Waals surface area contributed by atoms with E-state index in [4.69, 9.17) is 0 Å². The number of carbonyl (C=O) groups is 1. The first-order valence-corrected chi connectivity index (χ1v) is 8.51. The highest BCUT2D eigenvalue weighted by Gasteiger charge is 2.28. The first kappa shape index (κ1) is 16.1. The molecule has 1 aliphatic rings. The van der Waals surface area contributed by atoms with Crippen molar-refractivity contribution < 1.29 is 13.6 Å². The number of rotatable bonds is 4. The number of carbonyl (C=O) groups excluding carboxylic acids is 1. The predicted molar refractivity (Wildman–Crippen MR) is 87.6 cm³/mol. The molecular formula is C17H18F2N2OS. The van der Waals surface area contributed by atoms with Crippen molar-refractivity contribution in [1.29, 1.82) is 0 Å². The van der Waals surface area contributed by atoms with E-state index in [-0.39, 0.29) is 24.2 Å². The van der Waals surface area contributed by atoms with E-state index >= 15 is 0 Å². The van der Waals surface area contributed by atoms with E-state index in [1.165, 1.54) is 10.4 Å². The van der Waals surface area contributed by atoms with E-state index in [9.17, 15) is 13.6 Å². The topological polar surface area (TPSA) is 32.3 Å². The minimum Gasteiger partial charge on any atom is -0.325 e. The molecule has 2 aromatic rings. The largest absolute Gasteiger partial charge is 0.325 e. The maximum atomic E-state index is 13.2. The van der Waals surface area contributed by atoms with Crippen LogP contribution in [0.3, 0.4) is 0 Å². The first-order valence-electron chi connectivity index (χ1n) is 7.63. The Bertz CT molecular complexity index is 696. The fraction of sp³-hybridized carbons (Fsp3) is 0.353. The summed E-state index contributed by atoms with van der Waals surface area (Å²) in [4.78, 5) is 15.7. The minimum absolute atomic E-state index is 0.147. The van der Waals surface area contributed by atoms with Crippen molar-refractivity contribution in [1.82, 2.24) is 4.90 Å². The van der Waals surface area contributed by atoms with Crippen molar-refractivity contribution in [3.63, 3.8) is 0 Å². The summed E-state index contributed by atoms with van der Waals surface area (Å²) in [7, 11) is 0. The van der Waals surface area contributed by atoms with Crippen molar-refractivity contribution in [2.75, 3.05) is 18.4 Å². The molecule has 1 unspecified atom stereocenters. The van der Waals surface area contributed by atoms with Gasteiger partial charge >= 0.3 is 0 Å². The zero-order valence-electron chi connectivity index (χ0n) is 12.8. The number of hydrogen-bond donors (Lipinski definition) is 1. The SMILES string of the molecule is CCC1c2ccsc2CCN1CC(=O)Nc1cc(F)cc(F)c1. The van der Waals surface area contributed by atoms with Gasteiger partial charge < -0.3 is 5.32 Å². The lowest BCUT2D eigenvalue weighted by molar-refractivity contribution is -0.118. The molecule has 0 saturated carbocycles. The van der Waals surface area contributed by atoms with Crippen molar-refractivity contribution in [3.05, 3.63) is 51.7 Å². The summed E-state index contributed by atoms with van der Waals surface area (Å²) in [6.07, 6.45) is 1.86. The third-order valence-electron chi connectivity index (χ3n) is 4.09. The van der Waals surface area contributed by atoms with Crippen LogP contribution >= 0.6 is 11.3 Å². The molecule has 3 nitrogen and oxygen atoms in total. The highest BCUT2D eigenvalue weighted by Crippen LogP contribution is 2.34. The van der Waals surface area contributed by atoms with Crippen LogP contribution in [0.4, 0.5) is 14.5 Å². The molecule has 1 atom stereocenters. The minimum atomic E-state index is -0.701. The fourth-order valence-corrected chi connectivity index (χ4v) is 4.05. The van der Waals surface area contributed by atoms with Crippen LogP contribution in [0.1, 0.15) is 29.8 Å². The van der Waals surface area contributed by atoms with E-state index in [1.54, 1.807) is 11.3 Å². The lowest BCUT2D eigenvalue weighted by atomic mass is 9.98. The van der Waals surface area contributed by atoms with Crippen molar-refractivity contribution in [2.24, 2.45) is 0 Å². The zero-order valence-corrected chi connectivity index (χ0v) is 13.6. The second-order valence-electron chi connectivity index (χ2n) is 5.65. The molecule has 2 heterocycles. The molecule has 0 saturated heterocycles. The number of nitrogens with one attached hydrogen (secondary N) is 1. The standard InChI is InChI=1S/C17H18F2N2OS/c1-2-15-14-4-6-23-16(14)3-5-21(15)10-17(22)20-13-8-11(18)7-12(19)9-13/h4,6-9,15H,2-3,5,10H2,1H3,(H,20,22). The van der Waals surface area contributed by atoms with Gasteiger partial charge in [-0.1, -0.05) is 6.92 Å². The molecule has 23 heavy (non-hydrogen) atoms. The van der Waals surface area contributed by atoms with Crippen molar-refractivity contribution in [3.8, 4) is 0 Å². The van der Waals surface area contributed by atoms with Crippen LogP contribution < -0.4 is 5.32 Å². The van der Waals surface area contributed by atoms with Gasteiger partial charge in [0.25, 0.3) is 0 Å². The van der Waals surface area contributed by atoms with Gasteiger partial charge in [0.05, 0.1) is 6.54 Å². The lowest BCUT2D eigenvalue weighted by Crippen LogP contribution is -2.40. The van der Waals surface area contributed by atoms with Crippen LogP contribution in [0.15, 0.2) is 29.6 Å². The summed E-state index contributed by atoms with van der Waals surface area (Å²) in [5.41, 5.74) is 1.45. The van der Waals surface area contributed by atoms with Crippen LogP contribution in [0.2, 0.25) is 0 Å². The molecule has 122 valence electrons. The first-order chi connectivity index (χ1) is 11.1. The number of thiophene rings is 1. The molecule has 6 heteroatoms. The Labute approximate surface area is 137 Å². The molecule has 0 fully saturated rings. The summed E-state index contributed by atoms with van der Waals surface area (Å²) in [6.45, 7) is 3.13. The Balaban J connectivity index is 1.68. The number of fused-ring (bicyclic) bond motifs is 1. The van der Waals surface area contributed by atoms with Gasteiger partial charge in [0, 0.05) is 29.2 Å². The normalized spacial score (nSPS) is 17.8. The van der Waals surface area contributed by atoms with Crippen molar-refractivity contribution >= 4 is 22.9 Å². The maximum Gasteiger partial charge on any atom is 0.238 e. The molecule has 1 aromatic heterocycles. The molecule has 1 amide bonds. The second kappa shape index (κ2) is 6.76. The summed E-state index contributed by atoms with van der Waals surface area (Å²) in [6, 6.07) is 5.36. The van der Waals surface area contributed by atoms with Gasteiger partial charge in [-0.3, -0.25) is 9.69 Å². The van der Waals surface area contributed by atoms with Gasteiger partial charge in [-0.2, -0.15) is 0 Å². The maximum absolute atomic E-state index is 13.2. The Hall–Kier alpha value is -1.79. The lowest BCUT2D eigenvalue weighted by Gasteiger charge is -2.34. The smallest absolute Gasteiger partial charge is 0.238 e.